The van der Waals surface area contributed by atoms with Crippen LogP contribution in [0.2, 0.25) is 0 Å². The van der Waals surface area contributed by atoms with Crippen LogP contribution >= 0.6 is 12.2 Å². The number of para-hydroxylation sites is 2. The summed E-state index contributed by atoms with van der Waals surface area (Å²) in [6.45, 7) is 6.53. The molecule has 8 heteroatoms. The molecule has 1 fully saturated rings. The molecule has 0 bridgehead atoms. The molecule has 3 heterocycles. The molecular weight excluding hydrogens is 494 g/mol. The quantitative estimate of drug-likeness (QED) is 0.276. The average molecular weight is 526 g/mol. The highest BCUT2D eigenvalue weighted by atomic mass is 32.1. The smallest absolute Gasteiger partial charge is 0.226 e. The fraction of sp³-hybridized carbons (Fsp3) is 0.233. The Balaban J connectivity index is 1.47. The number of benzene rings is 2. The van der Waals surface area contributed by atoms with Crippen molar-refractivity contribution >= 4 is 28.9 Å². The lowest BCUT2D eigenvalue weighted by atomic mass is 9.96. The van der Waals surface area contributed by atoms with E-state index in [9.17, 15) is 9.90 Å². The van der Waals surface area contributed by atoms with E-state index in [1.54, 1.807) is 12.3 Å². The molecule has 2 atom stereocenters. The number of carbonyl (C=O) groups is 1. The number of nitrogens with one attached hydrogen (secondary N) is 2. The minimum absolute atomic E-state index is 0.0728. The number of rotatable bonds is 7. The van der Waals surface area contributed by atoms with Crippen molar-refractivity contribution in [3.8, 4) is 11.4 Å². The van der Waals surface area contributed by atoms with Gasteiger partial charge in [-0.15, -0.1) is 0 Å². The summed E-state index contributed by atoms with van der Waals surface area (Å²) in [5.41, 5.74) is 6.56. The summed E-state index contributed by atoms with van der Waals surface area (Å²) in [4.78, 5) is 19.6. The Morgan fingerprint density at radius 3 is 2.50 bits per heavy atom. The summed E-state index contributed by atoms with van der Waals surface area (Å²) in [6.07, 6.45) is 2.05. The normalized spacial score (nSPS) is 16.9. The fourth-order valence-corrected chi connectivity index (χ4v) is 5.51. The van der Waals surface area contributed by atoms with Crippen molar-refractivity contribution < 1.29 is 9.90 Å². The highest BCUT2D eigenvalue weighted by Crippen LogP contribution is 2.42. The number of aromatic hydroxyl groups is 1. The summed E-state index contributed by atoms with van der Waals surface area (Å²) in [5, 5.41) is 17.6. The van der Waals surface area contributed by atoms with Crippen molar-refractivity contribution in [3.05, 3.63) is 107 Å². The highest BCUT2D eigenvalue weighted by molar-refractivity contribution is 7.80. The molecule has 5 rings (SSSR count). The third-order valence-electron chi connectivity index (χ3n) is 7.02. The number of amides is 1. The molecule has 0 aliphatic carbocycles. The summed E-state index contributed by atoms with van der Waals surface area (Å²) in [5.74, 6) is 0.142. The van der Waals surface area contributed by atoms with E-state index in [1.165, 1.54) is 0 Å². The first-order chi connectivity index (χ1) is 18.3. The van der Waals surface area contributed by atoms with Gasteiger partial charge in [0.15, 0.2) is 5.11 Å². The molecule has 0 unspecified atom stereocenters. The molecule has 4 aromatic rings. The first-order valence-corrected chi connectivity index (χ1v) is 13.1. The number of pyridine rings is 1. The molecule has 194 valence electrons. The van der Waals surface area contributed by atoms with E-state index >= 15 is 0 Å². The number of thiocarbonyl (C=S) groups is 1. The van der Waals surface area contributed by atoms with Crippen molar-refractivity contribution in [1.29, 1.82) is 0 Å². The number of phenolic OH excluding ortho intramolecular Hbond substituents is 1. The number of nitrogens with zero attached hydrogens (tertiary/aromatic N) is 3. The van der Waals surface area contributed by atoms with Crippen LogP contribution in [-0.4, -0.2) is 37.1 Å². The van der Waals surface area contributed by atoms with Crippen molar-refractivity contribution in [3.63, 3.8) is 0 Å². The second-order valence-electron chi connectivity index (χ2n) is 9.63. The van der Waals surface area contributed by atoms with Gasteiger partial charge in [-0.1, -0.05) is 35.9 Å². The van der Waals surface area contributed by atoms with E-state index in [0.29, 0.717) is 11.7 Å². The first-order valence-electron chi connectivity index (χ1n) is 12.7. The number of hydrogen-bond acceptors (Lipinski definition) is 4. The van der Waals surface area contributed by atoms with Gasteiger partial charge >= 0.3 is 0 Å². The summed E-state index contributed by atoms with van der Waals surface area (Å²) in [7, 11) is 0. The average Bonchev–Trinajstić information content (AvgIpc) is 3.39. The molecule has 0 spiro atoms. The Morgan fingerprint density at radius 2 is 1.79 bits per heavy atom. The van der Waals surface area contributed by atoms with E-state index in [1.807, 2.05) is 81.4 Å². The third-order valence-corrected chi connectivity index (χ3v) is 7.38. The lowest BCUT2D eigenvalue weighted by molar-refractivity contribution is -0.116. The molecular formula is C30H31N5O2S. The van der Waals surface area contributed by atoms with Crippen LogP contribution < -0.4 is 10.6 Å². The minimum atomic E-state index is -0.192. The Bertz CT molecular complexity index is 1470. The van der Waals surface area contributed by atoms with Crippen LogP contribution in [-0.2, 0) is 4.79 Å². The zero-order chi connectivity index (χ0) is 26.8. The van der Waals surface area contributed by atoms with E-state index in [-0.39, 0.29) is 30.2 Å². The minimum Gasteiger partial charge on any atom is -0.506 e. The van der Waals surface area contributed by atoms with E-state index in [4.69, 9.17) is 12.2 Å². The molecule has 2 aromatic carbocycles. The number of aromatic nitrogens is 2. The van der Waals surface area contributed by atoms with Crippen molar-refractivity contribution in [1.82, 2.24) is 19.8 Å². The lowest BCUT2D eigenvalue weighted by Crippen LogP contribution is -2.32. The fourth-order valence-electron chi connectivity index (χ4n) is 5.18. The maximum atomic E-state index is 12.9. The molecule has 0 radical (unpaired) electrons. The zero-order valence-electron chi connectivity index (χ0n) is 21.7. The Morgan fingerprint density at radius 1 is 1.05 bits per heavy atom. The van der Waals surface area contributed by atoms with Gasteiger partial charge in [0.2, 0.25) is 5.91 Å². The second-order valence-corrected chi connectivity index (χ2v) is 10.0. The number of phenols is 1. The predicted octanol–water partition coefficient (Wildman–Crippen LogP) is 5.50. The number of aryl methyl sites for hydroxylation is 2. The van der Waals surface area contributed by atoms with Crippen molar-refractivity contribution in [2.75, 3.05) is 11.9 Å². The van der Waals surface area contributed by atoms with Crippen LogP contribution in [0.1, 0.15) is 46.7 Å². The molecule has 0 saturated carbocycles. The molecule has 1 saturated heterocycles. The van der Waals surface area contributed by atoms with Crippen LogP contribution in [0.25, 0.3) is 5.69 Å². The van der Waals surface area contributed by atoms with Gasteiger partial charge in [0, 0.05) is 36.2 Å². The topological polar surface area (TPSA) is 82.4 Å². The summed E-state index contributed by atoms with van der Waals surface area (Å²) in [6, 6.07) is 22.7. The molecule has 1 aliphatic rings. The molecule has 2 aromatic heterocycles. The first kappa shape index (κ1) is 25.5. The second kappa shape index (κ2) is 10.7. The van der Waals surface area contributed by atoms with E-state index in [2.05, 4.69) is 31.2 Å². The van der Waals surface area contributed by atoms with Gasteiger partial charge in [-0.25, -0.2) is 0 Å². The van der Waals surface area contributed by atoms with Gasteiger partial charge in [0.1, 0.15) is 5.75 Å². The van der Waals surface area contributed by atoms with Gasteiger partial charge in [0.05, 0.1) is 23.5 Å². The molecule has 1 amide bonds. The maximum Gasteiger partial charge on any atom is 0.226 e. The van der Waals surface area contributed by atoms with Crippen LogP contribution in [0.5, 0.6) is 5.75 Å². The summed E-state index contributed by atoms with van der Waals surface area (Å²) >= 11 is 5.80. The van der Waals surface area contributed by atoms with Crippen LogP contribution in [0.4, 0.5) is 5.69 Å². The van der Waals surface area contributed by atoms with Crippen molar-refractivity contribution in [2.24, 2.45) is 0 Å². The Hall–Kier alpha value is -4.17. The van der Waals surface area contributed by atoms with Gasteiger partial charge < -0.3 is 25.2 Å². The summed E-state index contributed by atoms with van der Waals surface area (Å²) < 4.78 is 2.06. The van der Waals surface area contributed by atoms with Crippen LogP contribution in [0.15, 0.2) is 79.0 Å². The molecule has 3 N–H and O–H groups in total. The molecule has 1 aliphatic heterocycles. The van der Waals surface area contributed by atoms with Gasteiger partial charge in [-0.05, 0) is 81.0 Å². The molecule has 38 heavy (non-hydrogen) atoms. The van der Waals surface area contributed by atoms with Crippen molar-refractivity contribution in [2.45, 2.75) is 39.3 Å². The Labute approximate surface area is 228 Å². The Kier molecular flexibility index (Phi) is 7.15. The van der Waals surface area contributed by atoms with Gasteiger partial charge in [0.25, 0.3) is 0 Å². The van der Waals surface area contributed by atoms with E-state index < -0.39 is 0 Å². The predicted molar refractivity (Wildman–Crippen MR) is 153 cm³/mol. The highest BCUT2D eigenvalue weighted by Gasteiger charge is 2.41. The molecule has 7 nitrogen and oxygen atoms in total. The zero-order valence-corrected chi connectivity index (χ0v) is 22.5. The standard InChI is InChI=1S/C30H31N5O2S/c1-19-11-13-22(14-12-19)32-27(37)15-17-34-29(28(33-30(34)38)24-8-6-7-16-31-24)23-18-20(2)35(21(23)3)25-9-4-5-10-26(25)36/h4-14,16,18,28-29,36H,15,17H2,1-3H3,(H,32,37)(H,33,38)/t28-,29+/m0/s1. The number of anilines is 1. The maximum absolute atomic E-state index is 12.9. The lowest BCUT2D eigenvalue weighted by Gasteiger charge is -2.28. The monoisotopic (exact) mass is 525 g/mol. The van der Waals surface area contributed by atoms with Gasteiger partial charge in [-0.3, -0.25) is 9.78 Å². The van der Waals surface area contributed by atoms with Crippen LogP contribution in [0.3, 0.4) is 0 Å². The SMILES string of the molecule is Cc1ccc(NC(=O)CCN2C(=S)N[C@@H](c3ccccn3)[C@H]2c2cc(C)n(-c3ccccc3O)c2C)cc1. The van der Waals surface area contributed by atoms with Crippen LogP contribution in [0, 0.1) is 20.8 Å². The third kappa shape index (κ3) is 4.99. The largest absolute Gasteiger partial charge is 0.506 e. The number of carbonyl (C=O) groups excluding carboxylic acids is 1. The van der Waals surface area contributed by atoms with Gasteiger partial charge in [-0.2, -0.15) is 0 Å². The number of hydrogen-bond donors (Lipinski definition) is 3. The van der Waals surface area contributed by atoms with E-state index in [0.717, 1.165) is 39.6 Å².